The van der Waals surface area contributed by atoms with Crippen molar-refractivity contribution in [1.82, 2.24) is 0 Å². The molecule has 0 radical (unpaired) electrons. The molecule has 14 heteroatoms. The van der Waals surface area contributed by atoms with Crippen LogP contribution in [0.1, 0.15) is 48.5 Å². The number of hydrogen-bond donors (Lipinski definition) is 0. The van der Waals surface area contributed by atoms with Gasteiger partial charge >= 0.3 is 41.6 Å². The standard InChI is InChI=1S/C23H32F6O8/c1-11(2)17(30)36-15(9-34-18(31)21(24,25)12(3)4)16(37-20(33)23(28,29)14(7)8)10-35-19(32)22(26,27)13(5)6/h12-16H,1,9-10H2,2-8H3. The largest absolute Gasteiger partial charge is 0.457 e. The monoisotopic (exact) mass is 550 g/mol. The van der Waals surface area contributed by atoms with Crippen LogP contribution in [0.15, 0.2) is 12.2 Å². The molecule has 0 heterocycles. The quantitative estimate of drug-likeness (QED) is 0.136. The maximum atomic E-state index is 14.2. The molecule has 2 atom stereocenters. The first-order valence-electron chi connectivity index (χ1n) is 11.1. The molecule has 0 saturated carbocycles. The van der Waals surface area contributed by atoms with Crippen molar-refractivity contribution in [1.29, 1.82) is 0 Å². The second-order valence-corrected chi connectivity index (χ2v) is 9.20. The Hall–Kier alpha value is -2.80. The number of alkyl halides is 6. The van der Waals surface area contributed by atoms with E-state index in [-0.39, 0.29) is 5.57 Å². The molecular formula is C23H32F6O8. The van der Waals surface area contributed by atoms with E-state index in [4.69, 9.17) is 4.74 Å². The fourth-order valence-corrected chi connectivity index (χ4v) is 2.10. The highest BCUT2D eigenvalue weighted by Crippen LogP contribution is 2.29. The van der Waals surface area contributed by atoms with Crippen LogP contribution < -0.4 is 0 Å². The summed E-state index contributed by atoms with van der Waals surface area (Å²) >= 11 is 0. The van der Waals surface area contributed by atoms with Crippen LogP contribution in [0, 0.1) is 17.8 Å². The molecule has 0 amide bonds. The minimum absolute atomic E-state index is 0.301. The van der Waals surface area contributed by atoms with Crippen molar-refractivity contribution in [3.8, 4) is 0 Å². The summed E-state index contributed by atoms with van der Waals surface area (Å²) in [5.74, 6) is -24.6. The number of esters is 4. The van der Waals surface area contributed by atoms with Crippen LogP contribution in [0.5, 0.6) is 0 Å². The Bertz CT molecular complexity index is 854. The molecule has 0 rings (SSSR count). The Labute approximate surface area is 210 Å². The molecule has 0 spiro atoms. The molecule has 0 aromatic carbocycles. The van der Waals surface area contributed by atoms with Crippen LogP contribution in [-0.2, 0) is 38.1 Å². The van der Waals surface area contributed by atoms with Crippen molar-refractivity contribution in [2.24, 2.45) is 17.8 Å². The molecule has 0 aliphatic heterocycles. The van der Waals surface area contributed by atoms with E-state index in [1.54, 1.807) is 0 Å². The second-order valence-electron chi connectivity index (χ2n) is 9.20. The number of hydrogen-bond acceptors (Lipinski definition) is 8. The van der Waals surface area contributed by atoms with Gasteiger partial charge in [0.2, 0.25) is 0 Å². The smallest absolute Gasteiger partial charge is 0.377 e. The van der Waals surface area contributed by atoms with E-state index in [1.165, 1.54) is 0 Å². The van der Waals surface area contributed by atoms with E-state index in [9.17, 15) is 45.5 Å². The topological polar surface area (TPSA) is 105 Å². The zero-order chi connectivity index (χ0) is 29.5. The Morgan fingerprint density at radius 2 is 0.919 bits per heavy atom. The number of halogens is 6. The van der Waals surface area contributed by atoms with Crippen molar-refractivity contribution >= 4 is 23.9 Å². The zero-order valence-corrected chi connectivity index (χ0v) is 21.5. The van der Waals surface area contributed by atoms with Crippen LogP contribution in [0.3, 0.4) is 0 Å². The number of carbonyl (C=O) groups excluding carboxylic acids is 4. The Morgan fingerprint density at radius 1 is 0.622 bits per heavy atom. The Balaban J connectivity index is 6.21. The molecule has 37 heavy (non-hydrogen) atoms. The molecule has 8 nitrogen and oxygen atoms in total. The summed E-state index contributed by atoms with van der Waals surface area (Å²) in [7, 11) is 0. The zero-order valence-electron chi connectivity index (χ0n) is 21.5. The second kappa shape index (κ2) is 13.1. The first-order chi connectivity index (χ1) is 16.6. The van der Waals surface area contributed by atoms with Crippen molar-refractivity contribution in [2.75, 3.05) is 13.2 Å². The predicted molar refractivity (Wildman–Crippen MR) is 116 cm³/mol. The van der Waals surface area contributed by atoms with E-state index in [0.717, 1.165) is 48.5 Å². The molecule has 0 fully saturated rings. The van der Waals surface area contributed by atoms with Crippen molar-refractivity contribution in [2.45, 2.75) is 78.4 Å². The van der Waals surface area contributed by atoms with E-state index in [0.29, 0.717) is 0 Å². The third kappa shape index (κ3) is 9.22. The van der Waals surface area contributed by atoms with Gasteiger partial charge in [-0.2, -0.15) is 26.3 Å². The van der Waals surface area contributed by atoms with Crippen molar-refractivity contribution in [3.63, 3.8) is 0 Å². The fourth-order valence-electron chi connectivity index (χ4n) is 2.10. The van der Waals surface area contributed by atoms with Gasteiger partial charge in [0.05, 0.1) is 0 Å². The summed E-state index contributed by atoms with van der Waals surface area (Å²) in [5.41, 5.74) is -0.301. The lowest BCUT2D eigenvalue weighted by Gasteiger charge is -2.30. The average molecular weight is 550 g/mol. The van der Waals surface area contributed by atoms with Gasteiger partial charge in [0.1, 0.15) is 13.2 Å². The van der Waals surface area contributed by atoms with Crippen LogP contribution in [0.25, 0.3) is 0 Å². The predicted octanol–water partition coefficient (Wildman–Crippen LogP) is 4.35. The summed E-state index contributed by atoms with van der Waals surface area (Å²) in [6, 6.07) is 0. The maximum absolute atomic E-state index is 14.2. The molecule has 2 unspecified atom stereocenters. The van der Waals surface area contributed by atoms with Gasteiger partial charge in [-0.25, -0.2) is 19.2 Å². The molecule has 0 aliphatic rings. The molecule has 0 saturated heterocycles. The first-order valence-corrected chi connectivity index (χ1v) is 11.1. The van der Waals surface area contributed by atoms with Crippen LogP contribution in [0.2, 0.25) is 0 Å². The van der Waals surface area contributed by atoms with Gasteiger partial charge in [0, 0.05) is 23.3 Å². The number of carbonyl (C=O) groups is 4. The molecule has 0 aliphatic carbocycles. The highest BCUT2D eigenvalue weighted by Gasteiger charge is 2.49. The molecule has 214 valence electrons. The average Bonchev–Trinajstić information content (AvgIpc) is 2.77. The van der Waals surface area contributed by atoms with Gasteiger partial charge in [-0.1, -0.05) is 48.1 Å². The third-order valence-corrected chi connectivity index (χ3v) is 5.03. The van der Waals surface area contributed by atoms with Crippen molar-refractivity contribution < 1.29 is 64.5 Å². The van der Waals surface area contributed by atoms with Crippen molar-refractivity contribution in [3.05, 3.63) is 12.2 Å². The van der Waals surface area contributed by atoms with Gasteiger partial charge in [-0.15, -0.1) is 0 Å². The highest BCUT2D eigenvalue weighted by molar-refractivity contribution is 5.87. The fraction of sp³-hybridized carbons (Fsp3) is 0.739. The van der Waals surface area contributed by atoms with Gasteiger partial charge in [0.15, 0.2) is 12.2 Å². The minimum Gasteiger partial charge on any atom is -0.457 e. The number of rotatable bonds is 14. The maximum Gasteiger partial charge on any atom is 0.377 e. The van der Waals surface area contributed by atoms with Crippen LogP contribution in [-0.4, -0.2) is 67.1 Å². The summed E-state index contributed by atoms with van der Waals surface area (Å²) in [6.07, 6.45) is -4.41. The van der Waals surface area contributed by atoms with E-state index >= 15 is 0 Å². The molecule has 0 N–H and O–H groups in total. The summed E-state index contributed by atoms with van der Waals surface area (Å²) in [4.78, 5) is 47.9. The third-order valence-electron chi connectivity index (χ3n) is 5.03. The number of ether oxygens (including phenoxy) is 4. The Kier molecular flexibility index (Phi) is 12.1. The van der Waals surface area contributed by atoms with E-state index < -0.39 is 84.8 Å². The first kappa shape index (κ1) is 34.2. The lowest BCUT2D eigenvalue weighted by Crippen LogP contribution is -2.48. The normalized spacial score (nSPS) is 14.3. The lowest BCUT2D eigenvalue weighted by molar-refractivity contribution is -0.207. The van der Waals surface area contributed by atoms with Gasteiger partial charge in [0.25, 0.3) is 0 Å². The van der Waals surface area contributed by atoms with Gasteiger partial charge in [-0.3, -0.25) is 0 Å². The van der Waals surface area contributed by atoms with E-state index in [2.05, 4.69) is 20.8 Å². The summed E-state index contributed by atoms with van der Waals surface area (Å²) in [5, 5.41) is 0. The van der Waals surface area contributed by atoms with Crippen LogP contribution in [0.4, 0.5) is 26.3 Å². The van der Waals surface area contributed by atoms with E-state index in [1.807, 2.05) is 0 Å². The molecular weight excluding hydrogens is 518 g/mol. The molecule has 0 aromatic rings. The highest BCUT2D eigenvalue weighted by atomic mass is 19.3. The molecule has 0 bridgehead atoms. The minimum atomic E-state index is -4.14. The Morgan fingerprint density at radius 3 is 1.22 bits per heavy atom. The molecule has 0 aromatic heterocycles. The van der Waals surface area contributed by atoms with Gasteiger partial charge in [-0.05, 0) is 6.92 Å². The lowest BCUT2D eigenvalue weighted by atomic mass is 10.1. The summed E-state index contributed by atoms with van der Waals surface area (Å²) < 4.78 is 103. The SMILES string of the molecule is C=C(C)C(=O)OC(COC(=O)C(F)(F)C(C)C)C(COC(=O)C(F)(F)C(C)C)OC(=O)C(F)(F)C(C)C. The van der Waals surface area contributed by atoms with Crippen LogP contribution >= 0.6 is 0 Å². The summed E-state index contributed by atoms with van der Waals surface area (Å²) in [6.45, 7) is 7.56. The van der Waals surface area contributed by atoms with Gasteiger partial charge < -0.3 is 18.9 Å².